The number of pyridine rings is 1. The van der Waals surface area contributed by atoms with Gasteiger partial charge in [0.15, 0.2) is 0 Å². The molecular formula is C17H21ClN2O. The Morgan fingerprint density at radius 2 is 1.90 bits per heavy atom. The molecule has 112 valence electrons. The van der Waals surface area contributed by atoms with Gasteiger partial charge in [0.05, 0.1) is 0 Å². The molecule has 4 heteroatoms. The highest BCUT2D eigenvalue weighted by Gasteiger charge is 2.08. The molecular weight excluding hydrogens is 284 g/mol. The van der Waals surface area contributed by atoms with Crippen molar-refractivity contribution >= 4 is 11.6 Å². The lowest BCUT2D eigenvalue weighted by molar-refractivity contribution is 0.455. The Morgan fingerprint density at radius 3 is 2.43 bits per heavy atom. The quantitative estimate of drug-likeness (QED) is 0.889. The van der Waals surface area contributed by atoms with E-state index in [0.717, 1.165) is 35.3 Å². The lowest BCUT2D eigenvalue weighted by Crippen LogP contribution is -2.21. The van der Waals surface area contributed by atoms with Crippen LogP contribution in [0.4, 0.5) is 0 Å². The van der Waals surface area contributed by atoms with E-state index >= 15 is 0 Å². The van der Waals surface area contributed by atoms with Crippen molar-refractivity contribution in [3.8, 4) is 11.6 Å². The van der Waals surface area contributed by atoms with Gasteiger partial charge in [-0.25, -0.2) is 4.98 Å². The van der Waals surface area contributed by atoms with Crippen molar-refractivity contribution in [1.29, 1.82) is 0 Å². The van der Waals surface area contributed by atoms with Crippen molar-refractivity contribution in [2.24, 2.45) is 5.73 Å². The first-order valence-corrected chi connectivity index (χ1v) is 7.52. The van der Waals surface area contributed by atoms with Gasteiger partial charge in [-0.3, -0.25) is 0 Å². The van der Waals surface area contributed by atoms with Gasteiger partial charge >= 0.3 is 0 Å². The summed E-state index contributed by atoms with van der Waals surface area (Å²) in [6.45, 7) is 6.04. The largest absolute Gasteiger partial charge is 0.438 e. The van der Waals surface area contributed by atoms with Crippen molar-refractivity contribution in [3.63, 3.8) is 0 Å². The lowest BCUT2D eigenvalue weighted by Gasteiger charge is -2.12. The minimum atomic E-state index is 0.180. The Morgan fingerprint density at radius 1 is 1.24 bits per heavy atom. The van der Waals surface area contributed by atoms with Crippen molar-refractivity contribution in [1.82, 2.24) is 4.98 Å². The highest BCUT2D eigenvalue weighted by molar-refractivity contribution is 6.30. The standard InChI is InChI=1S/C17H21ClN2O/c1-4-15(19)9-13-5-6-16(20-10-13)21-17-11(2)7-14(18)8-12(17)3/h5-8,10,15H,4,9,19H2,1-3H3. The Balaban J connectivity index is 2.14. The number of nitrogens with two attached hydrogens (primary N) is 1. The van der Waals surface area contributed by atoms with Gasteiger partial charge in [0.25, 0.3) is 0 Å². The van der Waals surface area contributed by atoms with E-state index in [2.05, 4.69) is 11.9 Å². The maximum Gasteiger partial charge on any atom is 0.219 e. The van der Waals surface area contributed by atoms with Crippen LogP contribution in [0.2, 0.25) is 5.02 Å². The van der Waals surface area contributed by atoms with Gasteiger partial charge in [0.2, 0.25) is 5.88 Å². The van der Waals surface area contributed by atoms with Crippen molar-refractivity contribution < 1.29 is 4.74 Å². The fourth-order valence-electron chi connectivity index (χ4n) is 2.20. The number of hydrogen-bond donors (Lipinski definition) is 1. The van der Waals surface area contributed by atoms with Gasteiger partial charge in [-0.1, -0.05) is 24.6 Å². The maximum absolute atomic E-state index is 6.03. The fraction of sp³-hybridized carbons (Fsp3) is 0.353. The summed E-state index contributed by atoms with van der Waals surface area (Å²) >= 11 is 6.03. The van der Waals surface area contributed by atoms with E-state index < -0.39 is 0 Å². The van der Waals surface area contributed by atoms with Crippen LogP contribution in [0, 0.1) is 13.8 Å². The minimum Gasteiger partial charge on any atom is -0.438 e. The van der Waals surface area contributed by atoms with E-state index in [0.29, 0.717) is 10.9 Å². The summed E-state index contributed by atoms with van der Waals surface area (Å²) in [5.41, 5.74) is 9.07. The van der Waals surface area contributed by atoms with E-state index in [4.69, 9.17) is 22.1 Å². The Bertz CT molecular complexity index is 588. The van der Waals surface area contributed by atoms with E-state index in [9.17, 15) is 0 Å². The molecule has 1 atom stereocenters. The molecule has 0 radical (unpaired) electrons. The van der Waals surface area contributed by atoms with E-state index in [-0.39, 0.29) is 6.04 Å². The second-order valence-corrected chi connectivity index (χ2v) is 5.78. The fourth-order valence-corrected chi connectivity index (χ4v) is 2.53. The molecule has 0 saturated carbocycles. The van der Waals surface area contributed by atoms with Gasteiger partial charge < -0.3 is 10.5 Å². The molecule has 0 spiro atoms. The smallest absolute Gasteiger partial charge is 0.219 e. The molecule has 2 aromatic rings. The Labute approximate surface area is 131 Å². The molecule has 1 aromatic carbocycles. The minimum absolute atomic E-state index is 0.180. The molecule has 1 unspecified atom stereocenters. The first-order valence-electron chi connectivity index (χ1n) is 7.14. The van der Waals surface area contributed by atoms with E-state index in [1.54, 1.807) is 0 Å². The van der Waals surface area contributed by atoms with Gasteiger partial charge in [0.1, 0.15) is 5.75 Å². The molecule has 2 N–H and O–H groups in total. The number of hydrogen-bond acceptors (Lipinski definition) is 3. The first-order chi connectivity index (χ1) is 9.99. The number of halogens is 1. The number of rotatable bonds is 5. The van der Waals surface area contributed by atoms with Gasteiger partial charge in [-0.15, -0.1) is 0 Å². The Hall–Kier alpha value is -1.58. The third-order valence-electron chi connectivity index (χ3n) is 3.45. The average Bonchev–Trinajstić information content (AvgIpc) is 2.44. The van der Waals surface area contributed by atoms with Gasteiger partial charge in [-0.05, 0) is 55.5 Å². The third-order valence-corrected chi connectivity index (χ3v) is 3.67. The predicted molar refractivity (Wildman–Crippen MR) is 87.2 cm³/mol. The molecule has 0 saturated heterocycles. The zero-order valence-corrected chi connectivity index (χ0v) is 13.4. The van der Waals surface area contributed by atoms with Crippen molar-refractivity contribution in [2.75, 3.05) is 0 Å². The highest BCUT2D eigenvalue weighted by Crippen LogP contribution is 2.30. The van der Waals surface area contributed by atoms with Crippen LogP contribution >= 0.6 is 11.6 Å². The van der Waals surface area contributed by atoms with Crippen LogP contribution in [0.15, 0.2) is 30.5 Å². The van der Waals surface area contributed by atoms with Crippen LogP contribution < -0.4 is 10.5 Å². The van der Waals surface area contributed by atoms with Crippen LogP contribution in [-0.2, 0) is 6.42 Å². The number of benzene rings is 1. The second kappa shape index (κ2) is 6.92. The summed E-state index contributed by atoms with van der Waals surface area (Å²) in [5.74, 6) is 1.39. The van der Waals surface area contributed by atoms with Crippen LogP contribution in [0.3, 0.4) is 0 Å². The molecule has 0 bridgehead atoms. The summed E-state index contributed by atoms with van der Waals surface area (Å²) in [4.78, 5) is 4.36. The van der Waals surface area contributed by atoms with Crippen LogP contribution in [0.25, 0.3) is 0 Å². The molecule has 3 nitrogen and oxygen atoms in total. The Kier molecular flexibility index (Phi) is 5.21. The first kappa shape index (κ1) is 15.8. The van der Waals surface area contributed by atoms with Crippen LogP contribution in [0.1, 0.15) is 30.0 Å². The summed E-state index contributed by atoms with van der Waals surface area (Å²) in [7, 11) is 0. The van der Waals surface area contributed by atoms with Gasteiger partial charge in [0, 0.05) is 23.3 Å². The number of ether oxygens (including phenoxy) is 1. The van der Waals surface area contributed by atoms with E-state index in [1.807, 2.05) is 44.3 Å². The maximum atomic E-state index is 6.03. The molecule has 1 aromatic heterocycles. The van der Waals surface area contributed by atoms with Crippen molar-refractivity contribution in [3.05, 3.63) is 52.2 Å². The molecule has 0 aliphatic rings. The van der Waals surface area contributed by atoms with E-state index in [1.165, 1.54) is 0 Å². The number of nitrogens with zero attached hydrogens (tertiary/aromatic N) is 1. The number of aromatic nitrogens is 1. The summed E-state index contributed by atoms with van der Waals surface area (Å²) in [6, 6.07) is 7.85. The normalized spacial score (nSPS) is 12.2. The predicted octanol–water partition coefficient (Wildman–Crippen LogP) is 4.42. The summed E-state index contributed by atoms with van der Waals surface area (Å²) in [6.07, 6.45) is 3.62. The van der Waals surface area contributed by atoms with Crippen LogP contribution in [-0.4, -0.2) is 11.0 Å². The molecule has 0 aliphatic carbocycles. The highest BCUT2D eigenvalue weighted by atomic mass is 35.5. The number of aryl methyl sites for hydroxylation is 2. The molecule has 21 heavy (non-hydrogen) atoms. The monoisotopic (exact) mass is 304 g/mol. The summed E-state index contributed by atoms with van der Waals surface area (Å²) in [5, 5.41) is 0.717. The topological polar surface area (TPSA) is 48.1 Å². The van der Waals surface area contributed by atoms with Gasteiger partial charge in [-0.2, -0.15) is 0 Å². The van der Waals surface area contributed by atoms with Crippen molar-refractivity contribution in [2.45, 2.75) is 39.7 Å². The molecule has 1 heterocycles. The average molecular weight is 305 g/mol. The van der Waals surface area contributed by atoms with Crippen LogP contribution in [0.5, 0.6) is 11.6 Å². The zero-order valence-electron chi connectivity index (χ0n) is 12.7. The third kappa shape index (κ3) is 4.19. The SMILES string of the molecule is CCC(N)Cc1ccc(Oc2c(C)cc(Cl)cc2C)nc1. The molecule has 0 aliphatic heterocycles. The molecule has 0 amide bonds. The summed E-state index contributed by atoms with van der Waals surface area (Å²) < 4.78 is 5.88. The zero-order chi connectivity index (χ0) is 15.4. The molecule has 0 fully saturated rings. The second-order valence-electron chi connectivity index (χ2n) is 5.35. The lowest BCUT2D eigenvalue weighted by atomic mass is 10.1. The molecule has 2 rings (SSSR count).